The number of urea groups is 1. The fourth-order valence-electron chi connectivity index (χ4n) is 2.38. The number of ether oxygens (including phenoxy) is 2. The van der Waals surface area contributed by atoms with E-state index in [1.54, 1.807) is 32.4 Å². The van der Waals surface area contributed by atoms with Crippen LogP contribution >= 0.6 is 0 Å². The van der Waals surface area contributed by atoms with Gasteiger partial charge in [0, 0.05) is 12.3 Å². The highest BCUT2D eigenvalue weighted by molar-refractivity contribution is 5.91. The van der Waals surface area contributed by atoms with Gasteiger partial charge in [-0.15, -0.1) is 0 Å². The molecule has 1 aromatic carbocycles. The SMILES string of the molecule is COc1ccc(NC(=O)NC=C2CCCCC2)c(OC)c1. The molecule has 0 heterocycles. The number of hydrogen-bond acceptors (Lipinski definition) is 3. The van der Waals surface area contributed by atoms with Crippen molar-refractivity contribution in [1.82, 2.24) is 5.32 Å². The third kappa shape index (κ3) is 4.41. The number of nitrogens with one attached hydrogen (secondary N) is 2. The lowest BCUT2D eigenvalue weighted by atomic mass is 9.96. The first-order valence-corrected chi connectivity index (χ1v) is 7.20. The van der Waals surface area contributed by atoms with Crippen LogP contribution in [0.4, 0.5) is 10.5 Å². The van der Waals surface area contributed by atoms with Crippen molar-refractivity contribution in [2.75, 3.05) is 19.5 Å². The Balaban J connectivity index is 1.95. The van der Waals surface area contributed by atoms with Crippen molar-refractivity contribution in [3.05, 3.63) is 30.0 Å². The highest BCUT2D eigenvalue weighted by Crippen LogP contribution is 2.29. The van der Waals surface area contributed by atoms with Gasteiger partial charge in [-0.05, 0) is 37.8 Å². The predicted octanol–water partition coefficient (Wildman–Crippen LogP) is 3.67. The van der Waals surface area contributed by atoms with Crippen LogP contribution in [0.2, 0.25) is 0 Å². The van der Waals surface area contributed by atoms with Crippen molar-refractivity contribution >= 4 is 11.7 Å². The Kier molecular flexibility index (Phi) is 5.49. The second kappa shape index (κ2) is 7.57. The largest absolute Gasteiger partial charge is 0.497 e. The zero-order valence-electron chi connectivity index (χ0n) is 12.6. The van der Waals surface area contributed by atoms with Gasteiger partial charge in [0.25, 0.3) is 0 Å². The second-order valence-corrected chi connectivity index (χ2v) is 5.03. The third-order valence-electron chi connectivity index (χ3n) is 3.56. The van der Waals surface area contributed by atoms with Gasteiger partial charge in [-0.25, -0.2) is 4.79 Å². The van der Waals surface area contributed by atoms with Crippen LogP contribution < -0.4 is 20.1 Å². The van der Waals surface area contributed by atoms with E-state index in [2.05, 4.69) is 10.6 Å². The number of hydrogen-bond donors (Lipinski definition) is 2. The molecule has 0 aromatic heterocycles. The Hall–Kier alpha value is -2.17. The molecule has 114 valence electrons. The molecule has 0 bridgehead atoms. The fraction of sp³-hybridized carbons (Fsp3) is 0.438. The molecular weight excluding hydrogens is 268 g/mol. The van der Waals surface area contributed by atoms with E-state index in [1.165, 1.54) is 24.8 Å². The standard InChI is InChI=1S/C16H22N2O3/c1-20-13-8-9-14(15(10-13)21-2)18-16(19)17-11-12-6-4-3-5-7-12/h8-11H,3-7H2,1-2H3,(H2,17,18,19). The van der Waals surface area contributed by atoms with Crippen LogP contribution in [0.1, 0.15) is 32.1 Å². The lowest BCUT2D eigenvalue weighted by Crippen LogP contribution is -2.24. The summed E-state index contributed by atoms with van der Waals surface area (Å²) in [5.74, 6) is 1.25. The Morgan fingerprint density at radius 1 is 1.14 bits per heavy atom. The van der Waals surface area contributed by atoms with Crippen LogP contribution in [0.3, 0.4) is 0 Å². The Morgan fingerprint density at radius 2 is 1.90 bits per heavy atom. The second-order valence-electron chi connectivity index (χ2n) is 5.03. The molecule has 0 atom stereocenters. The maximum Gasteiger partial charge on any atom is 0.323 e. The van der Waals surface area contributed by atoms with E-state index in [4.69, 9.17) is 9.47 Å². The van der Waals surface area contributed by atoms with Gasteiger partial charge in [0.2, 0.25) is 0 Å². The van der Waals surface area contributed by atoms with Gasteiger partial charge in [-0.1, -0.05) is 12.0 Å². The van der Waals surface area contributed by atoms with Crippen molar-refractivity contribution < 1.29 is 14.3 Å². The molecule has 5 heteroatoms. The zero-order valence-corrected chi connectivity index (χ0v) is 12.6. The number of amides is 2. The number of benzene rings is 1. The van der Waals surface area contributed by atoms with Gasteiger partial charge in [0.05, 0.1) is 19.9 Å². The molecular formula is C16H22N2O3. The maximum atomic E-state index is 11.9. The summed E-state index contributed by atoms with van der Waals surface area (Å²) in [5, 5.41) is 5.56. The third-order valence-corrected chi connectivity index (χ3v) is 3.56. The first kappa shape index (κ1) is 15.2. The van der Waals surface area contributed by atoms with Gasteiger partial charge in [-0.3, -0.25) is 0 Å². The van der Waals surface area contributed by atoms with Crippen LogP contribution in [-0.2, 0) is 0 Å². The van der Waals surface area contributed by atoms with Crippen LogP contribution in [-0.4, -0.2) is 20.3 Å². The average Bonchev–Trinajstić information content (AvgIpc) is 2.54. The van der Waals surface area contributed by atoms with Crippen molar-refractivity contribution in [3.8, 4) is 11.5 Å². The van der Waals surface area contributed by atoms with Gasteiger partial charge < -0.3 is 20.1 Å². The molecule has 1 aliphatic rings. The number of methoxy groups -OCH3 is 2. The highest BCUT2D eigenvalue weighted by atomic mass is 16.5. The minimum absolute atomic E-state index is 0.267. The van der Waals surface area contributed by atoms with E-state index in [0.29, 0.717) is 17.2 Å². The van der Waals surface area contributed by atoms with Crippen molar-refractivity contribution in [1.29, 1.82) is 0 Å². The molecule has 1 aromatic rings. The fourth-order valence-corrected chi connectivity index (χ4v) is 2.38. The number of anilines is 1. The normalized spacial score (nSPS) is 14.3. The molecule has 1 fully saturated rings. The highest BCUT2D eigenvalue weighted by Gasteiger charge is 2.09. The van der Waals surface area contributed by atoms with Crippen LogP contribution in [0, 0.1) is 0 Å². The topological polar surface area (TPSA) is 59.6 Å². The Morgan fingerprint density at radius 3 is 2.57 bits per heavy atom. The smallest absolute Gasteiger partial charge is 0.323 e. The summed E-state index contributed by atoms with van der Waals surface area (Å²) in [4.78, 5) is 11.9. The molecule has 0 unspecified atom stereocenters. The van der Waals surface area contributed by atoms with Gasteiger partial charge in [-0.2, -0.15) is 0 Å². The van der Waals surface area contributed by atoms with Crippen molar-refractivity contribution in [3.63, 3.8) is 0 Å². The van der Waals surface area contributed by atoms with E-state index in [0.717, 1.165) is 12.8 Å². The maximum absolute atomic E-state index is 11.9. The monoisotopic (exact) mass is 290 g/mol. The van der Waals surface area contributed by atoms with Gasteiger partial charge in [0.15, 0.2) is 0 Å². The quantitative estimate of drug-likeness (QED) is 0.889. The van der Waals surface area contributed by atoms with E-state index in [-0.39, 0.29) is 6.03 Å². The summed E-state index contributed by atoms with van der Waals surface area (Å²) in [6, 6.07) is 4.99. The molecule has 0 saturated heterocycles. The lowest BCUT2D eigenvalue weighted by Gasteiger charge is -2.14. The molecule has 5 nitrogen and oxygen atoms in total. The summed E-state index contributed by atoms with van der Waals surface area (Å²) in [6.07, 6.45) is 7.68. The zero-order chi connectivity index (χ0) is 15.1. The molecule has 0 radical (unpaired) electrons. The Labute approximate surface area is 125 Å². The van der Waals surface area contributed by atoms with Crippen molar-refractivity contribution in [2.24, 2.45) is 0 Å². The minimum atomic E-state index is -0.267. The summed E-state index contributed by atoms with van der Waals surface area (Å²) >= 11 is 0. The summed E-state index contributed by atoms with van der Waals surface area (Å²) < 4.78 is 10.4. The molecule has 0 aliphatic heterocycles. The molecule has 2 rings (SSSR count). The van der Waals surface area contributed by atoms with E-state index >= 15 is 0 Å². The minimum Gasteiger partial charge on any atom is -0.497 e. The summed E-state index contributed by atoms with van der Waals surface area (Å²) in [6.45, 7) is 0. The molecule has 21 heavy (non-hydrogen) atoms. The first-order valence-electron chi connectivity index (χ1n) is 7.20. The summed E-state index contributed by atoms with van der Waals surface area (Å²) in [5.41, 5.74) is 1.91. The van der Waals surface area contributed by atoms with Gasteiger partial charge in [0.1, 0.15) is 11.5 Å². The molecule has 2 amide bonds. The molecule has 2 N–H and O–H groups in total. The van der Waals surface area contributed by atoms with Gasteiger partial charge >= 0.3 is 6.03 Å². The number of rotatable bonds is 4. The molecule has 0 spiro atoms. The summed E-state index contributed by atoms with van der Waals surface area (Å²) in [7, 11) is 3.15. The van der Waals surface area contributed by atoms with Crippen LogP contribution in [0.15, 0.2) is 30.0 Å². The lowest BCUT2D eigenvalue weighted by molar-refractivity contribution is 0.254. The number of carbonyl (C=O) groups is 1. The van der Waals surface area contributed by atoms with E-state index in [1.807, 2.05) is 6.20 Å². The average molecular weight is 290 g/mol. The van der Waals surface area contributed by atoms with E-state index in [9.17, 15) is 4.79 Å². The number of carbonyl (C=O) groups excluding carboxylic acids is 1. The van der Waals surface area contributed by atoms with Crippen molar-refractivity contribution in [2.45, 2.75) is 32.1 Å². The van der Waals surface area contributed by atoms with E-state index < -0.39 is 0 Å². The Bertz CT molecular complexity index is 518. The molecule has 1 saturated carbocycles. The van der Waals surface area contributed by atoms with Crippen LogP contribution in [0.25, 0.3) is 0 Å². The first-order chi connectivity index (χ1) is 10.2. The molecule has 1 aliphatic carbocycles. The predicted molar refractivity (Wildman–Crippen MR) is 82.9 cm³/mol. The van der Waals surface area contributed by atoms with Crippen LogP contribution in [0.5, 0.6) is 11.5 Å². The number of allylic oxidation sites excluding steroid dienone is 1.